The first-order valence-corrected chi connectivity index (χ1v) is 12.7. The Bertz CT molecular complexity index is 1330. The summed E-state index contributed by atoms with van der Waals surface area (Å²) in [7, 11) is -4.19. The molecule has 0 saturated carbocycles. The third-order valence-corrected chi connectivity index (χ3v) is 9.30. The fourth-order valence-electron chi connectivity index (χ4n) is 2.59. The maximum Gasteiger partial charge on any atom is 0.257 e. The van der Waals surface area contributed by atoms with E-state index in [9.17, 15) is 21.6 Å². The van der Waals surface area contributed by atoms with Gasteiger partial charge in [-0.15, -0.1) is 0 Å². The van der Waals surface area contributed by atoms with Gasteiger partial charge < -0.3 is 0 Å². The lowest BCUT2D eigenvalue weighted by atomic mass is 10.2. The molecule has 0 spiro atoms. The molecule has 1 aromatic heterocycles. The Morgan fingerprint density at radius 2 is 1.73 bits per heavy atom. The van der Waals surface area contributed by atoms with Gasteiger partial charge in [-0.25, -0.2) is 26.1 Å². The van der Waals surface area contributed by atoms with Crippen molar-refractivity contribution < 1.29 is 21.6 Å². The zero-order valence-corrected chi connectivity index (χ0v) is 19.2. The Morgan fingerprint density at radius 3 is 2.37 bits per heavy atom. The molecule has 8 nitrogen and oxygen atoms in total. The van der Waals surface area contributed by atoms with Crippen LogP contribution >= 0.6 is 11.3 Å². The fraction of sp³-hybridized carbons (Fsp3) is 0.263. The summed E-state index contributed by atoms with van der Waals surface area (Å²) in [6.45, 7) is 3.15. The maximum atomic E-state index is 12.6. The van der Waals surface area contributed by atoms with Crippen molar-refractivity contribution in [3.63, 3.8) is 0 Å². The molecule has 0 aliphatic rings. The molecule has 11 heteroatoms. The molecule has 3 aromatic rings. The molecule has 1 amide bonds. The first-order chi connectivity index (χ1) is 13.9. The van der Waals surface area contributed by atoms with Crippen molar-refractivity contribution in [2.75, 3.05) is 19.4 Å². The van der Waals surface area contributed by atoms with E-state index in [2.05, 4.69) is 10.3 Å². The Balaban J connectivity index is 1.89. The van der Waals surface area contributed by atoms with Gasteiger partial charge in [0, 0.05) is 19.7 Å². The Labute approximate surface area is 179 Å². The molecule has 0 saturated heterocycles. The topological polar surface area (TPSA) is 114 Å². The van der Waals surface area contributed by atoms with Crippen molar-refractivity contribution in [1.29, 1.82) is 0 Å². The highest BCUT2D eigenvalue weighted by molar-refractivity contribution is 7.92. The van der Waals surface area contributed by atoms with Crippen LogP contribution in [0.25, 0.3) is 10.2 Å². The summed E-state index contributed by atoms with van der Waals surface area (Å²) in [5.74, 6) is -0.504. The number of hydrogen-bond acceptors (Lipinski definition) is 7. The molecule has 160 valence electrons. The highest BCUT2D eigenvalue weighted by atomic mass is 32.2. The molecule has 0 aliphatic carbocycles. The minimum atomic E-state index is -3.58. The van der Waals surface area contributed by atoms with E-state index in [1.807, 2.05) is 0 Å². The molecular weight excluding hydrogens is 446 g/mol. The second-order valence-electron chi connectivity index (χ2n) is 7.01. The van der Waals surface area contributed by atoms with Crippen molar-refractivity contribution in [1.82, 2.24) is 9.29 Å². The number of hydrogen-bond donors (Lipinski definition) is 1. The summed E-state index contributed by atoms with van der Waals surface area (Å²) in [6.07, 6.45) is 0. The summed E-state index contributed by atoms with van der Waals surface area (Å²) in [5, 5.41) is 2.33. The van der Waals surface area contributed by atoms with Crippen LogP contribution in [0.4, 0.5) is 5.13 Å². The molecule has 0 atom stereocenters. The van der Waals surface area contributed by atoms with Gasteiger partial charge in [0.15, 0.2) is 15.0 Å². The SMILES string of the molecule is CC(C)S(=O)(=O)c1cccc(C(=O)Nc2nc3ccc(S(=O)(=O)N(C)C)cc3s2)c1. The number of benzene rings is 2. The number of carbonyl (C=O) groups excluding carboxylic acids is 1. The smallest absolute Gasteiger partial charge is 0.257 e. The number of sulfonamides is 1. The van der Waals surface area contributed by atoms with E-state index in [0.717, 1.165) is 15.6 Å². The second kappa shape index (κ2) is 8.06. The van der Waals surface area contributed by atoms with Gasteiger partial charge in [0.1, 0.15) is 0 Å². The van der Waals surface area contributed by atoms with E-state index in [1.165, 1.54) is 50.5 Å². The average Bonchev–Trinajstić information content (AvgIpc) is 3.09. The minimum Gasteiger partial charge on any atom is -0.298 e. The first kappa shape index (κ1) is 22.3. The number of amides is 1. The van der Waals surface area contributed by atoms with Crippen LogP contribution in [0.2, 0.25) is 0 Å². The molecule has 1 heterocycles. The lowest BCUT2D eigenvalue weighted by Crippen LogP contribution is -2.22. The Morgan fingerprint density at radius 1 is 1.03 bits per heavy atom. The molecule has 2 aromatic carbocycles. The molecule has 0 fully saturated rings. The van der Waals surface area contributed by atoms with Gasteiger partial charge >= 0.3 is 0 Å². The van der Waals surface area contributed by atoms with E-state index in [4.69, 9.17) is 0 Å². The molecule has 30 heavy (non-hydrogen) atoms. The zero-order valence-electron chi connectivity index (χ0n) is 16.8. The largest absolute Gasteiger partial charge is 0.298 e. The predicted octanol–water partition coefficient (Wildman–Crippen LogP) is 2.98. The summed E-state index contributed by atoms with van der Waals surface area (Å²) >= 11 is 1.13. The highest BCUT2D eigenvalue weighted by Crippen LogP contribution is 2.29. The molecular formula is C19H21N3O5S3. The quantitative estimate of drug-likeness (QED) is 0.596. The number of nitrogens with one attached hydrogen (secondary N) is 1. The minimum absolute atomic E-state index is 0.0768. The van der Waals surface area contributed by atoms with Gasteiger partial charge in [0.25, 0.3) is 5.91 Å². The van der Waals surface area contributed by atoms with Crippen LogP contribution in [-0.4, -0.2) is 51.4 Å². The van der Waals surface area contributed by atoms with Crippen LogP contribution in [-0.2, 0) is 19.9 Å². The number of thiazole rings is 1. The van der Waals surface area contributed by atoms with Crippen molar-refractivity contribution in [3.05, 3.63) is 48.0 Å². The van der Waals surface area contributed by atoms with Crippen LogP contribution in [0, 0.1) is 0 Å². The van der Waals surface area contributed by atoms with Gasteiger partial charge in [-0.05, 0) is 50.2 Å². The first-order valence-electron chi connectivity index (χ1n) is 8.91. The van der Waals surface area contributed by atoms with E-state index < -0.39 is 31.0 Å². The summed E-state index contributed by atoms with van der Waals surface area (Å²) in [6, 6.07) is 10.4. The van der Waals surface area contributed by atoms with E-state index in [0.29, 0.717) is 10.2 Å². The van der Waals surface area contributed by atoms with Crippen LogP contribution in [0.5, 0.6) is 0 Å². The zero-order chi connectivity index (χ0) is 22.3. The number of nitrogens with zero attached hydrogens (tertiary/aromatic N) is 2. The molecule has 0 bridgehead atoms. The lowest BCUT2D eigenvalue weighted by Gasteiger charge is -2.10. The van der Waals surface area contributed by atoms with Gasteiger partial charge in [-0.2, -0.15) is 0 Å². The van der Waals surface area contributed by atoms with E-state index >= 15 is 0 Å². The third kappa shape index (κ3) is 4.24. The number of aromatic nitrogens is 1. The third-order valence-electron chi connectivity index (χ3n) is 4.40. The van der Waals surface area contributed by atoms with Crippen molar-refractivity contribution in [2.45, 2.75) is 28.9 Å². The molecule has 0 aliphatic heterocycles. The van der Waals surface area contributed by atoms with Crippen molar-refractivity contribution in [2.24, 2.45) is 0 Å². The second-order valence-corrected chi connectivity index (χ2v) is 12.7. The average molecular weight is 468 g/mol. The van der Waals surface area contributed by atoms with Gasteiger partial charge in [0.2, 0.25) is 10.0 Å². The number of fused-ring (bicyclic) bond motifs is 1. The van der Waals surface area contributed by atoms with E-state index in [-0.39, 0.29) is 20.5 Å². The number of carbonyl (C=O) groups is 1. The van der Waals surface area contributed by atoms with Gasteiger partial charge in [0.05, 0.1) is 25.3 Å². The Hall–Kier alpha value is -2.34. The number of sulfone groups is 1. The van der Waals surface area contributed by atoms with Crippen LogP contribution < -0.4 is 5.32 Å². The predicted molar refractivity (Wildman–Crippen MR) is 117 cm³/mol. The number of rotatable bonds is 6. The van der Waals surface area contributed by atoms with Crippen LogP contribution in [0.1, 0.15) is 24.2 Å². The summed E-state index contributed by atoms with van der Waals surface area (Å²) in [4.78, 5) is 17.1. The monoisotopic (exact) mass is 467 g/mol. The molecule has 0 unspecified atom stereocenters. The van der Waals surface area contributed by atoms with Crippen LogP contribution in [0.3, 0.4) is 0 Å². The fourth-order valence-corrected chi connectivity index (χ4v) is 5.59. The van der Waals surface area contributed by atoms with E-state index in [1.54, 1.807) is 19.9 Å². The normalized spacial score (nSPS) is 12.6. The standard InChI is InChI=1S/C19H21N3O5S3/c1-12(2)29(24,25)14-7-5-6-13(10-14)18(23)21-19-20-16-9-8-15(11-17(16)28-19)30(26,27)22(3)4/h5-12H,1-4H3,(H,20,21,23). The van der Waals surface area contributed by atoms with Gasteiger partial charge in [-0.1, -0.05) is 17.4 Å². The number of anilines is 1. The molecule has 0 radical (unpaired) electrons. The molecule has 3 rings (SSSR count). The maximum absolute atomic E-state index is 12.6. The highest BCUT2D eigenvalue weighted by Gasteiger charge is 2.21. The van der Waals surface area contributed by atoms with Crippen molar-refractivity contribution in [3.8, 4) is 0 Å². The summed E-state index contributed by atoms with van der Waals surface area (Å²) < 4.78 is 51.0. The molecule has 1 N–H and O–H groups in total. The van der Waals surface area contributed by atoms with Crippen molar-refractivity contribution >= 4 is 52.5 Å². The lowest BCUT2D eigenvalue weighted by molar-refractivity contribution is 0.102. The summed E-state index contributed by atoms with van der Waals surface area (Å²) in [5.41, 5.74) is 0.732. The van der Waals surface area contributed by atoms with Crippen LogP contribution in [0.15, 0.2) is 52.3 Å². The Kier molecular flexibility index (Phi) is 6.01. The van der Waals surface area contributed by atoms with Gasteiger partial charge in [-0.3, -0.25) is 10.1 Å².